The standard InChI is InChI=1S/C14H17F3N4/c1-20-6-2-3-10(8-20)21-12-5-4-9(18)7-11(12)19-13(21)14(15,16)17/h4-5,7,10H,2-3,6,8,18H2,1H3. The van der Waals surface area contributed by atoms with Gasteiger partial charge in [-0.25, -0.2) is 4.98 Å². The fraction of sp³-hybridized carbons (Fsp3) is 0.500. The highest BCUT2D eigenvalue weighted by Crippen LogP contribution is 2.36. The first-order chi connectivity index (χ1) is 9.86. The van der Waals surface area contributed by atoms with Crippen LogP contribution in [0.4, 0.5) is 18.9 Å². The van der Waals surface area contributed by atoms with Gasteiger partial charge in [0.15, 0.2) is 0 Å². The van der Waals surface area contributed by atoms with Crippen molar-refractivity contribution < 1.29 is 13.2 Å². The number of anilines is 1. The monoisotopic (exact) mass is 298 g/mol. The molecule has 1 unspecified atom stereocenters. The van der Waals surface area contributed by atoms with Gasteiger partial charge in [-0.2, -0.15) is 13.2 Å². The SMILES string of the molecule is CN1CCCC(n2c(C(F)(F)F)nc3cc(N)ccc32)C1. The molecule has 1 atom stereocenters. The molecule has 0 radical (unpaired) electrons. The molecule has 0 aliphatic carbocycles. The van der Waals surface area contributed by atoms with E-state index in [-0.39, 0.29) is 6.04 Å². The van der Waals surface area contributed by atoms with Crippen LogP contribution < -0.4 is 5.73 Å². The Labute approximate surface area is 120 Å². The van der Waals surface area contributed by atoms with Crippen LogP contribution in [-0.4, -0.2) is 34.6 Å². The first-order valence-electron chi connectivity index (χ1n) is 6.89. The van der Waals surface area contributed by atoms with E-state index in [0.717, 1.165) is 19.4 Å². The van der Waals surface area contributed by atoms with Gasteiger partial charge in [0, 0.05) is 18.3 Å². The zero-order valence-electron chi connectivity index (χ0n) is 11.7. The van der Waals surface area contributed by atoms with Crippen LogP contribution >= 0.6 is 0 Å². The first-order valence-corrected chi connectivity index (χ1v) is 6.89. The minimum atomic E-state index is -4.47. The predicted octanol–water partition coefficient (Wildman–Crippen LogP) is 2.90. The first kappa shape index (κ1) is 14.2. The van der Waals surface area contributed by atoms with E-state index in [4.69, 9.17) is 5.73 Å². The Morgan fingerprint density at radius 1 is 1.33 bits per heavy atom. The quantitative estimate of drug-likeness (QED) is 0.824. The van der Waals surface area contributed by atoms with Crippen LogP contribution in [0.1, 0.15) is 24.7 Å². The number of alkyl halides is 3. The second-order valence-corrected chi connectivity index (χ2v) is 5.61. The van der Waals surface area contributed by atoms with Crippen molar-refractivity contribution in [2.24, 2.45) is 0 Å². The van der Waals surface area contributed by atoms with Gasteiger partial charge < -0.3 is 15.2 Å². The second-order valence-electron chi connectivity index (χ2n) is 5.61. The third kappa shape index (κ3) is 2.57. The molecule has 1 fully saturated rings. The van der Waals surface area contributed by atoms with Gasteiger partial charge in [-0.1, -0.05) is 0 Å². The van der Waals surface area contributed by atoms with Crippen LogP contribution in [0.25, 0.3) is 11.0 Å². The van der Waals surface area contributed by atoms with Crippen LogP contribution in [0.15, 0.2) is 18.2 Å². The Bertz CT molecular complexity index is 662. The van der Waals surface area contributed by atoms with Gasteiger partial charge in [-0.15, -0.1) is 0 Å². The summed E-state index contributed by atoms with van der Waals surface area (Å²) in [6.45, 7) is 1.51. The molecule has 114 valence electrons. The van der Waals surface area contributed by atoms with Crippen molar-refractivity contribution in [3.8, 4) is 0 Å². The predicted molar refractivity (Wildman–Crippen MR) is 74.9 cm³/mol. The molecule has 2 N–H and O–H groups in total. The molecule has 4 nitrogen and oxygen atoms in total. The van der Waals surface area contributed by atoms with Gasteiger partial charge in [0.25, 0.3) is 0 Å². The zero-order valence-corrected chi connectivity index (χ0v) is 11.7. The summed E-state index contributed by atoms with van der Waals surface area (Å²) in [6.07, 6.45) is -2.86. The van der Waals surface area contributed by atoms with Crippen molar-refractivity contribution in [1.82, 2.24) is 14.5 Å². The highest BCUT2D eigenvalue weighted by molar-refractivity contribution is 5.80. The minimum Gasteiger partial charge on any atom is -0.399 e. The second kappa shape index (κ2) is 4.91. The molecular formula is C14H17F3N4. The maximum atomic E-state index is 13.3. The van der Waals surface area contributed by atoms with Gasteiger partial charge in [-0.3, -0.25) is 0 Å². The molecule has 1 aromatic heterocycles. The molecule has 2 aromatic rings. The summed E-state index contributed by atoms with van der Waals surface area (Å²) in [5, 5.41) is 0. The Hall–Kier alpha value is -1.76. The van der Waals surface area contributed by atoms with Crippen LogP contribution in [0.5, 0.6) is 0 Å². The van der Waals surface area contributed by atoms with Gasteiger partial charge in [0.2, 0.25) is 5.82 Å². The molecule has 3 rings (SSSR count). The molecular weight excluding hydrogens is 281 g/mol. The summed E-state index contributed by atoms with van der Waals surface area (Å²) in [4.78, 5) is 5.84. The average Bonchev–Trinajstić information content (AvgIpc) is 2.77. The van der Waals surface area contributed by atoms with Crippen molar-refractivity contribution in [1.29, 1.82) is 0 Å². The Balaban J connectivity index is 2.18. The molecule has 1 saturated heterocycles. The number of nitrogen functional groups attached to an aromatic ring is 1. The summed E-state index contributed by atoms with van der Waals surface area (Å²) >= 11 is 0. The van der Waals surface area contributed by atoms with Crippen LogP contribution in [-0.2, 0) is 6.18 Å². The van der Waals surface area contributed by atoms with E-state index in [9.17, 15) is 13.2 Å². The summed E-state index contributed by atoms with van der Waals surface area (Å²) in [7, 11) is 1.93. The highest BCUT2D eigenvalue weighted by Gasteiger charge is 2.39. The number of nitrogens with zero attached hydrogens (tertiary/aromatic N) is 3. The van der Waals surface area contributed by atoms with Crippen molar-refractivity contribution in [3.63, 3.8) is 0 Å². The summed E-state index contributed by atoms with van der Waals surface area (Å²) in [5.41, 5.74) is 6.87. The lowest BCUT2D eigenvalue weighted by molar-refractivity contribution is -0.148. The van der Waals surface area contributed by atoms with E-state index < -0.39 is 12.0 Å². The van der Waals surface area contributed by atoms with E-state index in [1.165, 1.54) is 10.6 Å². The highest BCUT2D eigenvalue weighted by atomic mass is 19.4. The van der Waals surface area contributed by atoms with E-state index in [0.29, 0.717) is 23.3 Å². The number of benzene rings is 1. The van der Waals surface area contributed by atoms with Crippen molar-refractivity contribution in [2.45, 2.75) is 25.1 Å². The number of halogens is 3. The molecule has 0 amide bonds. The molecule has 1 aliphatic heterocycles. The van der Waals surface area contributed by atoms with Gasteiger partial charge in [0.1, 0.15) is 0 Å². The largest absolute Gasteiger partial charge is 0.449 e. The lowest BCUT2D eigenvalue weighted by Crippen LogP contribution is -2.35. The summed E-state index contributed by atoms with van der Waals surface area (Å²) in [5.74, 6) is -0.830. The van der Waals surface area contributed by atoms with Crippen molar-refractivity contribution in [2.75, 3.05) is 25.9 Å². The topological polar surface area (TPSA) is 47.1 Å². The number of piperidine rings is 1. The minimum absolute atomic E-state index is 0.214. The number of hydrogen-bond donors (Lipinski definition) is 1. The fourth-order valence-electron chi connectivity index (χ4n) is 3.04. The van der Waals surface area contributed by atoms with Crippen molar-refractivity contribution in [3.05, 3.63) is 24.0 Å². The zero-order chi connectivity index (χ0) is 15.2. The lowest BCUT2D eigenvalue weighted by atomic mass is 10.1. The van der Waals surface area contributed by atoms with Crippen LogP contribution in [0.3, 0.4) is 0 Å². The van der Waals surface area contributed by atoms with Gasteiger partial charge in [-0.05, 0) is 44.6 Å². The fourth-order valence-corrected chi connectivity index (χ4v) is 3.04. The number of likely N-dealkylation sites (tertiary alicyclic amines) is 1. The van der Waals surface area contributed by atoms with E-state index >= 15 is 0 Å². The third-order valence-corrected chi connectivity index (χ3v) is 3.93. The smallest absolute Gasteiger partial charge is 0.399 e. The summed E-state index contributed by atoms with van der Waals surface area (Å²) < 4.78 is 41.3. The Morgan fingerprint density at radius 2 is 2.10 bits per heavy atom. The molecule has 7 heteroatoms. The van der Waals surface area contributed by atoms with E-state index in [2.05, 4.69) is 9.88 Å². The molecule has 21 heavy (non-hydrogen) atoms. The molecule has 0 saturated carbocycles. The molecule has 0 bridgehead atoms. The maximum Gasteiger partial charge on any atom is 0.449 e. The number of fused-ring (bicyclic) bond motifs is 1. The molecule has 1 aromatic carbocycles. The Morgan fingerprint density at radius 3 is 2.76 bits per heavy atom. The number of hydrogen-bond acceptors (Lipinski definition) is 3. The average molecular weight is 298 g/mol. The van der Waals surface area contributed by atoms with E-state index in [1.807, 2.05) is 7.05 Å². The van der Waals surface area contributed by atoms with Gasteiger partial charge in [0.05, 0.1) is 11.0 Å². The molecule has 0 spiro atoms. The van der Waals surface area contributed by atoms with Crippen LogP contribution in [0.2, 0.25) is 0 Å². The number of rotatable bonds is 1. The normalized spacial score (nSPS) is 21.0. The summed E-state index contributed by atoms with van der Waals surface area (Å²) in [6, 6.07) is 4.52. The molecule has 2 heterocycles. The van der Waals surface area contributed by atoms with Crippen LogP contribution in [0, 0.1) is 0 Å². The number of likely N-dealkylation sites (N-methyl/N-ethyl adjacent to an activating group) is 1. The maximum absolute atomic E-state index is 13.3. The van der Waals surface area contributed by atoms with Crippen molar-refractivity contribution >= 4 is 16.7 Å². The number of nitrogens with two attached hydrogens (primary N) is 1. The third-order valence-electron chi connectivity index (χ3n) is 3.93. The Kier molecular flexibility index (Phi) is 3.32. The van der Waals surface area contributed by atoms with Gasteiger partial charge >= 0.3 is 6.18 Å². The number of imidazole rings is 1. The number of aromatic nitrogens is 2. The van der Waals surface area contributed by atoms with E-state index in [1.54, 1.807) is 12.1 Å². The molecule has 1 aliphatic rings. The lowest BCUT2D eigenvalue weighted by Gasteiger charge is -2.32.